The molecular weight excluding hydrogens is 268 g/mol. The summed E-state index contributed by atoms with van der Waals surface area (Å²) in [7, 11) is 0.446. The van der Waals surface area contributed by atoms with Crippen molar-refractivity contribution >= 4 is 27.5 Å². The number of nitrogens with one attached hydrogen (secondary N) is 1. The molecule has 0 spiro atoms. The van der Waals surface area contributed by atoms with E-state index in [1.54, 1.807) is 7.05 Å². The molecule has 17 heavy (non-hydrogen) atoms. The van der Waals surface area contributed by atoms with Crippen LogP contribution in [-0.2, 0) is 21.9 Å². The van der Waals surface area contributed by atoms with Gasteiger partial charge < -0.3 is 9.88 Å². The fourth-order valence-electron chi connectivity index (χ4n) is 1.08. The van der Waals surface area contributed by atoms with E-state index < -0.39 is 15.9 Å². The van der Waals surface area contributed by atoms with Crippen molar-refractivity contribution in [1.82, 2.24) is 19.2 Å². The number of carbonyl (C=O) groups excluding carboxylic acids is 1. The van der Waals surface area contributed by atoms with Crippen LogP contribution in [-0.4, -0.2) is 48.8 Å². The summed E-state index contributed by atoms with van der Waals surface area (Å²) in [5.74, 6) is -0.414. The predicted molar refractivity (Wildman–Crippen MR) is 62.1 cm³/mol. The summed E-state index contributed by atoms with van der Waals surface area (Å²) in [4.78, 5) is 14.8. The van der Waals surface area contributed by atoms with Crippen LogP contribution in [0.5, 0.6) is 0 Å². The Bertz CT molecular complexity index is 525. The van der Waals surface area contributed by atoms with E-state index >= 15 is 0 Å². The van der Waals surface area contributed by atoms with E-state index in [4.69, 9.17) is 11.6 Å². The van der Waals surface area contributed by atoms with Gasteiger partial charge in [0.25, 0.3) is 10.0 Å². The van der Waals surface area contributed by atoms with Gasteiger partial charge in [-0.05, 0) is 0 Å². The number of nitrogens with zero attached hydrogens (tertiary/aromatic N) is 3. The number of carbonyl (C=O) groups is 1. The van der Waals surface area contributed by atoms with E-state index in [0.717, 1.165) is 4.31 Å². The maximum atomic E-state index is 12.0. The molecule has 1 aromatic rings. The summed E-state index contributed by atoms with van der Waals surface area (Å²) in [5, 5.41) is 2.09. The van der Waals surface area contributed by atoms with Gasteiger partial charge in [0.05, 0.1) is 12.9 Å². The maximum absolute atomic E-state index is 12.0. The summed E-state index contributed by atoms with van der Waals surface area (Å²) in [6, 6.07) is 0. The van der Waals surface area contributed by atoms with Crippen molar-refractivity contribution in [2.75, 3.05) is 20.6 Å². The topological polar surface area (TPSA) is 84.3 Å². The minimum atomic E-state index is -3.85. The highest BCUT2D eigenvalue weighted by Gasteiger charge is 2.28. The molecule has 1 amide bonds. The van der Waals surface area contributed by atoms with E-state index in [-0.39, 0.29) is 16.7 Å². The van der Waals surface area contributed by atoms with Gasteiger partial charge in [0.2, 0.25) is 10.9 Å². The number of sulfonamides is 1. The second kappa shape index (κ2) is 5.03. The monoisotopic (exact) mass is 280 g/mol. The number of rotatable bonds is 4. The summed E-state index contributed by atoms with van der Waals surface area (Å²) in [6.45, 7) is -0.286. The van der Waals surface area contributed by atoms with Gasteiger partial charge in [-0.3, -0.25) is 4.79 Å². The zero-order chi connectivity index (χ0) is 13.2. The van der Waals surface area contributed by atoms with Crippen LogP contribution in [0.1, 0.15) is 0 Å². The van der Waals surface area contributed by atoms with Gasteiger partial charge >= 0.3 is 0 Å². The molecule has 0 radical (unpaired) electrons. The number of aryl methyl sites for hydroxylation is 1. The van der Waals surface area contributed by atoms with Gasteiger partial charge in [-0.25, -0.2) is 13.4 Å². The second-order valence-corrected chi connectivity index (χ2v) is 5.70. The third-order valence-corrected chi connectivity index (χ3v) is 4.43. The quantitative estimate of drug-likeness (QED) is 0.801. The maximum Gasteiger partial charge on any atom is 0.263 e. The molecule has 0 aliphatic carbocycles. The van der Waals surface area contributed by atoms with Crippen LogP contribution in [0.25, 0.3) is 0 Å². The first-order chi connectivity index (χ1) is 7.80. The molecule has 1 heterocycles. The van der Waals surface area contributed by atoms with Crippen molar-refractivity contribution < 1.29 is 13.2 Å². The molecule has 1 aromatic heterocycles. The Morgan fingerprint density at radius 2 is 2.24 bits per heavy atom. The lowest BCUT2D eigenvalue weighted by Crippen LogP contribution is -2.37. The minimum absolute atomic E-state index is 0.00811. The lowest BCUT2D eigenvalue weighted by Gasteiger charge is -2.14. The average molecular weight is 281 g/mol. The highest BCUT2D eigenvalue weighted by molar-refractivity contribution is 7.89. The zero-order valence-electron chi connectivity index (χ0n) is 9.64. The van der Waals surface area contributed by atoms with Gasteiger partial charge in [0.1, 0.15) is 5.15 Å². The van der Waals surface area contributed by atoms with Crippen LogP contribution in [0.2, 0.25) is 5.15 Å². The zero-order valence-corrected chi connectivity index (χ0v) is 11.2. The molecule has 0 saturated heterocycles. The molecule has 0 aromatic carbocycles. The van der Waals surface area contributed by atoms with E-state index in [1.807, 2.05) is 0 Å². The highest BCUT2D eigenvalue weighted by atomic mass is 35.5. The Hall–Kier alpha value is -1.12. The normalized spacial score (nSPS) is 11.8. The third kappa shape index (κ3) is 2.76. The van der Waals surface area contributed by atoms with Crippen LogP contribution < -0.4 is 5.32 Å². The van der Waals surface area contributed by atoms with Crippen LogP contribution in [0.15, 0.2) is 11.4 Å². The molecule has 0 atom stereocenters. The van der Waals surface area contributed by atoms with Crippen molar-refractivity contribution in [3.05, 3.63) is 11.5 Å². The molecule has 1 rings (SSSR count). The molecule has 1 N–H and O–H groups in total. The summed E-state index contributed by atoms with van der Waals surface area (Å²) < 4.78 is 26.3. The predicted octanol–water partition coefficient (Wildman–Crippen LogP) is -0.560. The number of aromatic nitrogens is 2. The summed E-state index contributed by atoms with van der Waals surface area (Å²) in [5.41, 5.74) is 0. The van der Waals surface area contributed by atoms with Crippen molar-refractivity contribution in [3.63, 3.8) is 0 Å². The van der Waals surface area contributed by atoms with Gasteiger partial charge in [-0.15, -0.1) is 0 Å². The van der Waals surface area contributed by atoms with Crippen LogP contribution in [0, 0.1) is 0 Å². The fraction of sp³-hybridized carbons (Fsp3) is 0.500. The van der Waals surface area contributed by atoms with Crippen LogP contribution in [0.3, 0.4) is 0 Å². The SMILES string of the molecule is CNC(=O)CN(C)S(=O)(=O)c1ncn(C)c1Cl. The highest BCUT2D eigenvalue weighted by Crippen LogP contribution is 2.21. The third-order valence-electron chi connectivity index (χ3n) is 2.13. The first kappa shape index (κ1) is 13.9. The number of halogens is 1. The Morgan fingerprint density at radius 1 is 1.65 bits per heavy atom. The molecule has 9 heteroatoms. The number of imidazole rings is 1. The molecule has 0 unspecified atom stereocenters. The molecule has 0 aliphatic heterocycles. The number of hydrogen-bond donors (Lipinski definition) is 1. The molecular formula is C8H13ClN4O3S. The summed E-state index contributed by atoms with van der Waals surface area (Å²) in [6.07, 6.45) is 1.29. The first-order valence-corrected chi connectivity index (χ1v) is 6.46. The molecule has 0 fully saturated rings. The molecule has 7 nitrogen and oxygen atoms in total. The van der Waals surface area contributed by atoms with Crippen molar-refractivity contribution in [2.45, 2.75) is 5.03 Å². The molecule has 0 bridgehead atoms. The Balaban J connectivity index is 3.03. The molecule has 96 valence electrons. The van der Waals surface area contributed by atoms with Gasteiger partial charge in [0, 0.05) is 21.1 Å². The number of likely N-dealkylation sites (N-methyl/N-ethyl adjacent to an activating group) is 2. The van der Waals surface area contributed by atoms with Crippen molar-refractivity contribution in [1.29, 1.82) is 0 Å². The largest absolute Gasteiger partial charge is 0.358 e. The Labute approximate surface area is 104 Å². The molecule has 0 aliphatic rings. The van der Waals surface area contributed by atoms with Crippen molar-refractivity contribution in [3.8, 4) is 0 Å². The van der Waals surface area contributed by atoms with Crippen LogP contribution >= 0.6 is 11.6 Å². The summed E-state index contributed by atoms with van der Waals surface area (Å²) >= 11 is 5.80. The lowest BCUT2D eigenvalue weighted by molar-refractivity contribution is -0.120. The van der Waals surface area contributed by atoms with E-state index in [0.29, 0.717) is 0 Å². The van der Waals surface area contributed by atoms with Crippen molar-refractivity contribution in [2.24, 2.45) is 7.05 Å². The first-order valence-electron chi connectivity index (χ1n) is 4.64. The number of amides is 1. The smallest absolute Gasteiger partial charge is 0.263 e. The van der Waals surface area contributed by atoms with E-state index in [2.05, 4.69) is 10.3 Å². The second-order valence-electron chi connectivity index (χ2n) is 3.39. The van der Waals surface area contributed by atoms with Gasteiger partial charge in [0.15, 0.2) is 0 Å². The fourth-order valence-corrected chi connectivity index (χ4v) is 2.59. The van der Waals surface area contributed by atoms with Gasteiger partial charge in [-0.1, -0.05) is 11.6 Å². The minimum Gasteiger partial charge on any atom is -0.358 e. The lowest BCUT2D eigenvalue weighted by atomic mass is 10.6. The van der Waals surface area contributed by atoms with Crippen LogP contribution in [0.4, 0.5) is 0 Å². The standard InChI is InChI=1S/C8H13ClN4O3S/c1-10-6(14)4-13(3)17(15,16)8-7(9)12(2)5-11-8/h5H,4H2,1-3H3,(H,10,14). The Morgan fingerprint density at radius 3 is 2.65 bits per heavy atom. The van der Waals surface area contributed by atoms with Gasteiger partial charge in [-0.2, -0.15) is 4.31 Å². The van der Waals surface area contributed by atoms with E-state index in [1.165, 1.54) is 25.0 Å². The Kier molecular flexibility index (Phi) is 4.12. The molecule has 0 saturated carbocycles. The van der Waals surface area contributed by atoms with E-state index in [9.17, 15) is 13.2 Å². The average Bonchev–Trinajstić information content (AvgIpc) is 2.59. The number of hydrogen-bond acceptors (Lipinski definition) is 4.